The van der Waals surface area contributed by atoms with Crippen LogP contribution in [0, 0.1) is 0 Å². The number of fused-ring (bicyclic) bond motifs is 1. The first-order chi connectivity index (χ1) is 8.58. The minimum Gasteiger partial charge on any atom is -0.490 e. The molecule has 0 aliphatic carbocycles. The first-order valence-corrected chi connectivity index (χ1v) is 6.02. The average molecular weight is 272 g/mol. The van der Waals surface area contributed by atoms with Crippen LogP contribution in [0.2, 0.25) is 5.02 Å². The zero-order valence-electron chi connectivity index (χ0n) is 9.69. The second kappa shape index (κ2) is 5.46. The van der Waals surface area contributed by atoms with Crippen molar-refractivity contribution in [2.45, 2.75) is 18.9 Å². The summed E-state index contributed by atoms with van der Waals surface area (Å²) in [6.07, 6.45) is 0.959. The van der Waals surface area contributed by atoms with Gasteiger partial charge in [0, 0.05) is 17.5 Å². The molecule has 5 nitrogen and oxygen atoms in total. The van der Waals surface area contributed by atoms with Gasteiger partial charge in [0.2, 0.25) is 0 Å². The van der Waals surface area contributed by atoms with E-state index >= 15 is 0 Å². The number of rotatable bonds is 3. The SMILES string of the molecule is NC(Cc1cc2c(cc1Cl)OCCCO2)C(=O)O. The van der Waals surface area contributed by atoms with Gasteiger partial charge in [-0.1, -0.05) is 11.6 Å². The number of nitrogens with two attached hydrogens (primary N) is 1. The Labute approximate surface area is 109 Å². The van der Waals surface area contributed by atoms with E-state index in [1.165, 1.54) is 0 Å². The summed E-state index contributed by atoms with van der Waals surface area (Å²) in [4.78, 5) is 10.7. The van der Waals surface area contributed by atoms with E-state index in [2.05, 4.69) is 0 Å². The highest BCUT2D eigenvalue weighted by Gasteiger charge is 2.18. The van der Waals surface area contributed by atoms with Crippen LogP contribution in [-0.2, 0) is 11.2 Å². The smallest absolute Gasteiger partial charge is 0.320 e. The van der Waals surface area contributed by atoms with Crippen LogP contribution < -0.4 is 15.2 Å². The van der Waals surface area contributed by atoms with Crippen molar-refractivity contribution in [3.63, 3.8) is 0 Å². The van der Waals surface area contributed by atoms with Crippen LogP contribution in [0.25, 0.3) is 0 Å². The fourth-order valence-electron chi connectivity index (χ4n) is 1.71. The van der Waals surface area contributed by atoms with Crippen LogP contribution in [0.3, 0.4) is 0 Å². The number of hydrogen-bond acceptors (Lipinski definition) is 4. The number of halogens is 1. The highest BCUT2D eigenvalue weighted by Crippen LogP contribution is 2.35. The Kier molecular flexibility index (Phi) is 3.93. The van der Waals surface area contributed by atoms with Gasteiger partial charge in [0.15, 0.2) is 11.5 Å². The van der Waals surface area contributed by atoms with Crippen molar-refractivity contribution in [1.82, 2.24) is 0 Å². The molecule has 0 amide bonds. The first kappa shape index (κ1) is 13.0. The zero-order valence-corrected chi connectivity index (χ0v) is 10.4. The number of carboxylic acid groups (broad SMARTS) is 1. The van der Waals surface area contributed by atoms with E-state index in [9.17, 15) is 4.79 Å². The molecule has 0 radical (unpaired) electrons. The Bertz CT molecular complexity index is 464. The van der Waals surface area contributed by atoms with Crippen molar-refractivity contribution < 1.29 is 19.4 Å². The van der Waals surface area contributed by atoms with Gasteiger partial charge in [0.05, 0.1) is 13.2 Å². The van der Waals surface area contributed by atoms with Crippen molar-refractivity contribution >= 4 is 17.6 Å². The van der Waals surface area contributed by atoms with Gasteiger partial charge in [-0.2, -0.15) is 0 Å². The molecule has 0 saturated heterocycles. The van der Waals surface area contributed by atoms with E-state index in [1.807, 2.05) is 0 Å². The molecule has 6 heteroatoms. The lowest BCUT2D eigenvalue weighted by Crippen LogP contribution is -2.32. The summed E-state index contributed by atoms with van der Waals surface area (Å²) in [5.41, 5.74) is 6.14. The Morgan fingerprint density at radius 2 is 2.00 bits per heavy atom. The number of ether oxygens (including phenoxy) is 2. The zero-order chi connectivity index (χ0) is 13.1. The lowest BCUT2D eigenvalue weighted by atomic mass is 10.1. The Morgan fingerprint density at radius 1 is 1.39 bits per heavy atom. The van der Waals surface area contributed by atoms with Crippen molar-refractivity contribution in [2.24, 2.45) is 5.73 Å². The molecular weight excluding hydrogens is 258 g/mol. The second-order valence-electron chi connectivity index (χ2n) is 4.09. The van der Waals surface area contributed by atoms with E-state index in [4.69, 9.17) is 31.9 Å². The van der Waals surface area contributed by atoms with E-state index in [-0.39, 0.29) is 6.42 Å². The predicted molar refractivity (Wildman–Crippen MR) is 66.4 cm³/mol. The van der Waals surface area contributed by atoms with Gasteiger partial charge in [-0.05, 0) is 18.1 Å². The van der Waals surface area contributed by atoms with Crippen LogP contribution in [0.15, 0.2) is 12.1 Å². The van der Waals surface area contributed by atoms with Crippen molar-refractivity contribution in [2.75, 3.05) is 13.2 Å². The predicted octanol–water partition coefficient (Wildman–Crippen LogP) is 1.46. The molecular formula is C12H14ClNO4. The van der Waals surface area contributed by atoms with E-state index < -0.39 is 12.0 Å². The molecule has 0 bridgehead atoms. The molecule has 1 atom stereocenters. The van der Waals surface area contributed by atoms with Gasteiger partial charge < -0.3 is 20.3 Å². The quantitative estimate of drug-likeness (QED) is 0.870. The summed E-state index contributed by atoms with van der Waals surface area (Å²) in [7, 11) is 0. The summed E-state index contributed by atoms with van der Waals surface area (Å²) in [6.45, 7) is 1.15. The monoisotopic (exact) mass is 271 g/mol. The number of aliphatic carboxylic acids is 1. The lowest BCUT2D eigenvalue weighted by Gasteiger charge is -2.13. The number of benzene rings is 1. The maximum atomic E-state index is 10.7. The minimum absolute atomic E-state index is 0.158. The molecule has 0 fully saturated rings. The summed E-state index contributed by atoms with van der Waals surface area (Å²) < 4.78 is 11.0. The Morgan fingerprint density at radius 3 is 2.61 bits per heavy atom. The van der Waals surface area contributed by atoms with Gasteiger partial charge in [-0.3, -0.25) is 4.79 Å². The molecule has 1 aromatic rings. The van der Waals surface area contributed by atoms with Crippen LogP contribution in [-0.4, -0.2) is 30.3 Å². The van der Waals surface area contributed by atoms with Crippen molar-refractivity contribution in [3.05, 3.63) is 22.7 Å². The maximum absolute atomic E-state index is 10.7. The molecule has 2 rings (SSSR count). The molecule has 0 spiro atoms. The summed E-state index contributed by atoms with van der Waals surface area (Å²) in [6, 6.07) is 2.37. The molecule has 3 N–H and O–H groups in total. The van der Waals surface area contributed by atoms with Crippen LogP contribution in [0.1, 0.15) is 12.0 Å². The molecule has 1 unspecified atom stereocenters. The van der Waals surface area contributed by atoms with Gasteiger partial charge in [-0.25, -0.2) is 0 Å². The third-order valence-corrected chi connectivity index (χ3v) is 3.03. The molecule has 98 valence electrons. The van der Waals surface area contributed by atoms with Gasteiger partial charge in [0.1, 0.15) is 6.04 Å². The van der Waals surface area contributed by atoms with Gasteiger partial charge in [0.25, 0.3) is 0 Å². The van der Waals surface area contributed by atoms with Crippen molar-refractivity contribution in [3.8, 4) is 11.5 Å². The molecule has 0 saturated carbocycles. The Balaban J connectivity index is 2.26. The van der Waals surface area contributed by atoms with Crippen LogP contribution in [0.5, 0.6) is 11.5 Å². The van der Waals surface area contributed by atoms with Crippen molar-refractivity contribution in [1.29, 1.82) is 0 Å². The van der Waals surface area contributed by atoms with Crippen LogP contribution in [0.4, 0.5) is 0 Å². The summed E-state index contributed by atoms with van der Waals surface area (Å²) >= 11 is 6.08. The molecule has 0 aromatic heterocycles. The van der Waals surface area contributed by atoms with Gasteiger partial charge >= 0.3 is 5.97 Å². The van der Waals surface area contributed by atoms with E-state index in [1.54, 1.807) is 12.1 Å². The molecule has 1 aliphatic rings. The summed E-state index contributed by atoms with van der Waals surface area (Å²) in [5.74, 6) is 0.118. The van der Waals surface area contributed by atoms with E-state index in [0.717, 1.165) is 6.42 Å². The fourth-order valence-corrected chi connectivity index (χ4v) is 1.94. The summed E-state index contributed by atoms with van der Waals surface area (Å²) in [5, 5.41) is 9.23. The molecule has 1 heterocycles. The minimum atomic E-state index is -1.06. The maximum Gasteiger partial charge on any atom is 0.320 e. The Hall–Kier alpha value is -1.46. The average Bonchev–Trinajstić information content (AvgIpc) is 2.54. The molecule has 1 aromatic carbocycles. The number of hydrogen-bond donors (Lipinski definition) is 2. The van der Waals surface area contributed by atoms with E-state index in [0.29, 0.717) is 35.3 Å². The molecule has 1 aliphatic heterocycles. The fraction of sp³-hybridized carbons (Fsp3) is 0.417. The van der Waals surface area contributed by atoms with Crippen LogP contribution >= 0.6 is 11.6 Å². The number of carboxylic acids is 1. The highest BCUT2D eigenvalue weighted by atomic mass is 35.5. The molecule has 18 heavy (non-hydrogen) atoms. The second-order valence-corrected chi connectivity index (χ2v) is 4.50. The standard InChI is InChI=1S/C12H14ClNO4/c13-8-6-11-10(17-2-1-3-18-11)5-7(8)4-9(14)12(15)16/h5-6,9H,1-4,14H2,(H,15,16). The lowest BCUT2D eigenvalue weighted by molar-refractivity contribution is -0.138. The largest absolute Gasteiger partial charge is 0.490 e. The highest BCUT2D eigenvalue weighted by molar-refractivity contribution is 6.31. The topological polar surface area (TPSA) is 81.8 Å². The van der Waals surface area contributed by atoms with Gasteiger partial charge in [-0.15, -0.1) is 0 Å². The number of carbonyl (C=O) groups is 1. The normalized spacial score (nSPS) is 15.9. The third-order valence-electron chi connectivity index (χ3n) is 2.67. The third kappa shape index (κ3) is 2.86. The first-order valence-electron chi connectivity index (χ1n) is 5.64.